The molecule has 0 aliphatic rings. The normalized spacial score (nSPS) is 10.9. The number of nitrogens with one attached hydrogen (secondary N) is 1. The molecule has 0 saturated carbocycles. The fourth-order valence-electron chi connectivity index (χ4n) is 3.42. The first kappa shape index (κ1) is 19.4. The third-order valence-corrected chi connectivity index (χ3v) is 5.28. The Kier molecular flexibility index (Phi) is 5.27. The standard InChI is InChI=1S/C24H18Cl2N2O/c1-14-10-15(2)23-19(11-14)20(24(29)27-17-6-4-3-5-7-17)13-22(28-23)18-9-8-16(25)12-21(18)26/h3-13H,1-2H3,(H,27,29). The highest BCUT2D eigenvalue weighted by molar-refractivity contribution is 6.36. The molecule has 0 radical (unpaired) electrons. The zero-order chi connectivity index (χ0) is 20.5. The summed E-state index contributed by atoms with van der Waals surface area (Å²) in [5, 5.41) is 4.82. The molecule has 4 rings (SSSR count). The van der Waals surface area contributed by atoms with Gasteiger partial charge in [-0.05, 0) is 61.9 Å². The van der Waals surface area contributed by atoms with Crippen LogP contribution in [0.25, 0.3) is 22.2 Å². The number of fused-ring (bicyclic) bond motifs is 1. The van der Waals surface area contributed by atoms with E-state index in [0.29, 0.717) is 21.3 Å². The summed E-state index contributed by atoms with van der Waals surface area (Å²) in [6.07, 6.45) is 0. The maximum absolute atomic E-state index is 13.2. The van der Waals surface area contributed by atoms with Crippen molar-refractivity contribution >= 4 is 45.7 Å². The molecule has 0 aliphatic heterocycles. The van der Waals surface area contributed by atoms with Gasteiger partial charge in [-0.1, -0.05) is 53.0 Å². The van der Waals surface area contributed by atoms with E-state index in [0.717, 1.165) is 33.3 Å². The van der Waals surface area contributed by atoms with E-state index < -0.39 is 0 Å². The molecular formula is C24H18Cl2N2O. The van der Waals surface area contributed by atoms with Crippen LogP contribution in [0.5, 0.6) is 0 Å². The first-order valence-electron chi connectivity index (χ1n) is 9.16. The van der Waals surface area contributed by atoms with Crippen LogP contribution in [0.4, 0.5) is 5.69 Å². The number of pyridine rings is 1. The Bertz CT molecular complexity index is 1240. The second-order valence-electron chi connectivity index (χ2n) is 6.98. The van der Waals surface area contributed by atoms with Crippen molar-refractivity contribution in [3.05, 3.63) is 93.5 Å². The topological polar surface area (TPSA) is 42.0 Å². The van der Waals surface area contributed by atoms with Gasteiger partial charge in [0.1, 0.15) is 0 Å². The fourth-order valence-corrected chi connectivity index (χ4v) is 3.93. The summed E-state index contributed by atoms with van der Waals surface area (Å²) in [5.74, 6) is -0.195. The van der Waals surface area contributed by atoms with Crippen LogP contribution in [-0.4, -0.2) is 10.9 Å². The number of benzene rings is 3. The second-order valence-corrected chi connectivity index (χ2v) is 7.82. The van der Waals surface area contributed by atoms with Crippen molar-refractivity contribution in [2.75, 3.05) is 5.32 Å². The number of rotatable bonds is 3. The summed E-state index contributed by atoms with van der Waals surface area (Å²) >= 11 is 12.5. The minimum Gasteiger partial charge on any atom is -0.322 e. The van der Waals surface area contributed by atoms with Crippen LogP contribution < -0.4 is 5.32 Å². The number of carbonyl (C=O) groups excluding carboxylic acids is 1. The lowest BCUT2D eigenvalue weighted by atomic mass is 9.99. The van der Waals surface area contributed by atoms with Crippen molar-refractivity contribution in [1.29, 1.82) is 0 Å². The van der Waals surface area contributed by atoms with Crippen molar-refractivity contribution in [3.8, 4) is 11.3 Å². The van der Waals surface area contributed by atoms with Crippen LogP contribution in [0.3, 0.4) is 0 Å². The van der Waals surface area contributed by atoms with Crippen molar-refractivity contribution in [2.24, 2.45) is 0 Å². The van der Waals surface area contributed by atoms with E-state index in [4.69, 9.17) is 28.2 Å². The molecule has 3 nitrogen and oxygen atoms in total. The lowest BCUT2D eigenvalue weighted by Gasteiger charge is -2.14. The van der Waals surface area contributed by atoms with Crippen molar-refractivity contribution in [1.82, 2.24) is 4.98 Å². The van der Waals surface area contributed by atoms with Gasteiger partial charge in [0.15, 0.2) is 0 Å². The summed E-state index contributed by atoms with van der Waals surface area (Å²) in [6, 6.07) is 20.5. The number of aryl methyl sites for hydroxylation is 2. The molecule has 0 atom stereocenters. The van der Waals surface area contributed by atoms with Crippen LogP contribution in [0.1, 0.15) is 21.5 Å². The smallest absolute Gasteiger partial charge is 0.256 e. The van der Waals surface area contributed by atoms with Crippen LogP contribution >= 0.6 is 23.2 Å². The van der Waals surface area contributed by atoms with E-state index in [9.17, 15) is 4.79 Å². The van der Waals surface area contributed by atoms with Gasteiger partial charge in [-0.15, -0.1) is 0 Å². The molecule has 1 heterocycles. The first-order chi connectivity index (χ1) is 13.9. The molecule has 1 amide bonds. The molecule has 0 bridgehead atoms. The molecule has 0 unspecified atom stereocenters. The van der Waals surface area contributed by atoms with E-state index in [1.54, 1.807) is 18.2 Å². The number of nitrogens with zero attached hydrogens (tertiary/aromatic N) is 1. The summed E-state index contributed by atoms with van der Waals surface area (Å²) in [5.41, 5.74) is 5.49. The summed E-state index contributed by atoms with van der Waals surface area (Å²) < 4.78 is 0. The Morgan fingerprint density at radius 2 is 1.69 bits per heavy atom. The summed E-state index contributed by atoms with van der Waals surface area (Å²) in [7, 11) is 0. The minimum atomic E-state index is -0.195. The molecule has 4 aromatic rings. The zero-order valence-corrected chi connectivity index (χ0v) is 17.5. The highest BCUT2D eigenvalue weighted by atomic mass is 35.5. The predicted octanol–water partition coefficient (Wildman–Crippen LogP) is 7.08. The van der Waals surface area contributed by atoms with Crippen molar-refractivity contribution in [2.45, 2.75) is 13.8 Å². The first-order valence-corrected chi connectivity index (χ1v) is 9.92. The lowest BCUT2D eigenvalue weighted by Crippen LogP contribution is -2.13. The minimum absolute atomic E-state index is 0.195. The predicted molar refractivity (Wildman–Crippen MR) is 121 cm³/mol. The fraction of sp³-hybridized carbons (Fsp3) is 0.0833. The maximum Gasteiger partial charge on any atom is 0.256 e. The van der Waals surface area contributed by atoms with Gasteiger partial charge in [-0.2, -0.15) is 0 Å². The number of aromatic nitrogens is 1. The Morgan fingerprint density at radius 1 is 0.931 bits per heavy atom. The number of halogens is 2. The van der Waals surface area contributed by atoms with Crippen LogP contribution in [-0.2, 0) is 0 Å². The number of para-hydroxylation sites is 1. The van der Waals surface area contributed by atoms with E-state index in [-0.39, 0.29) is 5.91 Å². The van der Waals surface area contributed by atoms with E-state index in [1.165, 1.54) is 0 Å². The molecule has 0 fully saturated rings. The van der Waals surface area contributed by atoms with Gasteiger partial charge in [0.2, 0.25) is 0 Å². The Morgan fingerprint density at radius 3 is 2.41 bits per heavy atom. The number of amides is 1. The summed E-state index contributed by atoms with van der Waals surface area (Å²) in [6.45, 7) is 4.00. The molecule has 3 aromatic carbocycles. The monoisotopic (exact) mass is 420 g/mol. The second kappa shape index (κ2) is 7.86. The van der Waals surface area contributed by atoms with Gasteiger partial charge in [0, 0.05) is 21.7 Å². The molecule has 0 saturated heterocycles. The van der Waals surface area contributed by atoms with E-state index >= 15 is 0 Å². The number of hydrogen-bond donors (Lipinski definition) is 1. The Balaban J connectivity index is 1.92. The third-order valence-electron chi connectivity index (χ3n) is 4.73. The summed E-state index contributed by atoms with van der Waals surface area (Å²) in [4.78, 5) is 18.0. The number of carbonyl (C=O) groups is 1. The molecule has 144 valence electrons. The van der Waals surface area contributed by atoms with Gasteiger partial charge in [-0.25, -0.2) is 4.98 Å². The molecule has 0 aliphatic carbocycles. The lowest BCUT2D eigenvalue weighted by molar-refractivity contribution is 0.102. The third kappa shape index (κ3) is 3.98. The largest absolute Gasteiger partial charge is 0.322 e. The number of anilines is 1. The van der Waals surface area contributed by atoms with E-state index in [2.05, 4.69) is 11.4 Å². The average Bonchev–Trinajstić information content (AvgIpc) is 2.68. The van der Waals surface area contributed by atoms with Gasteiger partial charge in [0.25, 0.3) is 5.91 Å². The quantitative estimate of drug-likeness (QED) is 0.384. The SMILES string of the molecule is Cc1cc(C)c2nc(-c3ccc(Cl)cc3Cl)cc(C(=O)Nc3ccccc3)c2c1. The average molecular weight is 421 g/mol. The van der Waals surface area contributed by atoms with Crippen LogP contribution in [0.15, 0.2) is 66.7 Å². The van der Waals surface area contributed by atoms with Crippen LogP contribution in [0, 0.1) is 13.8 Å². The van der Waals surface area contributed by atoms with Gasteiger partial charge < -0.3 is 5.32 Å². The zero-order valence-electron chi connectivity index (χ0n) is 16.0. The van der Waals surface area contributed by atoms with Gasteiger partial charge in [0.05, 0.1) is 21.8 Å². The Hall–Kier alpha value is -2.88. The van der Waals surface area contributed by atoms with Gasteiger partial charge in [-0.3, -0.25) is 4.79 Å². The highest BCUT2D eigenvalue weighted by Gasteiger charge is 2.17. The molecular weight excluding hydrogens is 403 g/mol. The van der Waals surface area contributed by atoms with Crippen LogP contribution in [0.2, 0.25) is 10.0 Å². The van der Waals surface area contributed by atoms with Crippen molar-refractivity contribution < 1.29 is 4.79 Å². The van der Waals surface area contributed by atoms with Gasteiger partial charge >= 0.3 is 0 Å². The molecule has 1 aromatic heterocycles. The molecule has 0 spiro atoms. The van der Waals surface area contributed by atoms with E-state index in [1.807, 2.05) is 56.3 Å². The maximum atomic E-state index is 13.2. The molecule has 1 N–H and O–H groups in total. The highest BCUT2D eigenvalue weighted by Crippen LogP contribution is 2.33. The molecule has 5 heteroatoms. The number of hydrogen-bond acceptors (Lipinski definition) is 2. The molecule has 29 heavy (non-hydrogen) atoms. The Labute approximate surface area is 179 Å². The van der Waals surface area contributed by atoms with Crippen molar-refractivity contribution in [3.63, 3.8) is 0 Å².